The summed E-state index contributed by atoms with van der Waals surface area (Å²) in [5, 5.41) is 14.0. The quantitative estimate of drug-likeness (QED) is 0.497. The highest BCUT2D eigenvalue weighted by atomic mass is 16.6. The number of aryl methyl sites for hydroxylation is 1. The third-order valence-corrected chi connectivity index (χ3v) is 5.95. The molecule has 8 nitrogen and oxygen atoms in total. The molecule has 1 aliphatic heterocycles. The van der Waals surface area contributed by atoms with Gasteiger partial charge in [-0.2, -0.15) is 0 Å². The van der Waals surface area contributed by atoms with Crippen molar-refractivity contribution in [1.82, 2.24) is 9.80 Å². The predicted molar refractivity (Wildman–Crippen MR) is 124 cm³/mol. The van der Waals surface area contributed by atoms with Gasteiger partial charge in [-0.25, -0.2) is 0 Å². The molecule has 2 amide bonds. The van der Waals surface area contributed by atoms with Crippen LogP contribution in [0.4, 0.5) is 11.4 Å². The van der Waals surface area contributed by atoms with E-state index in [0.29, 0.717) is 29.8 Å². The van der Waals surface area contributed by atoms with Crippen molar-refractivity contribution in [2.45, 2.75) is 46.2 Å². The van der Waals surface area contributed by atoms with E-state index in [1.807, 2.05) is 24.3 Å². The number of anilines is 1. The number of nitro groups is 1. The molecular weight excluding hydrogens is 408 g/mol. The Hall–Kier alpha value is -3.26. The van der Waals surface area contributed by atoms with Gasteiger partial charge in [-0.05, 0) is 62.7 Å². The number of amides is 2. The van der Waals surface area contributed by atoms with Gasteiger partial charge in [0.1, 0.15) is 6.04 Å². The molecule has 0 aliphatic carbocycles. The average Bonchev–Trinajstić information content (AvgIpc) is 3.27. The Morgan fingerprint density at radius 2 is 1.94 bits per heavy atom. The highest BCUT2D eigenvalue weighted by Crippen LogP contribution is 2.25. The second-order valence-electron chi connectivity index (χ2n) is 8.07. The van der Waals surface area contributed by atoms with Crippen LogP contribution in [-0.2, 0) is 11.3 Å². The largest absolute Gasteiger partial charge is 0.327 e. The Morgan fingerprint density at radius 1 is 1.19 bits per heavy atom. The van der Waals surface area contributed by atoms with E-state index in [1.165, 1.54) is 18.2 Å². The van der Waals surface area contributed by atoms with E-state index in [-0.39, 0.29) is 17.5 Å². The van der Waals surface area contributed by atoms with Gasteiger partial charge in [0, 0.05) is 36.0 Å². The molecule has 32 heavy (non-hydrogen) atoms. The van der Waals surface area contributed by atoms with Gasteiger partial charge in [0.2, 0.25) is 5.91 Å². The minimum atomic E-state index is -0.565. The fraction of sp³-hybridized carbons (Fsp3) is 0.417. The number of nitrogens with zero attached hydrogens (tertiary/aromatic N) is 3. The number of nitro benzene ring substituents is 1. The third kappa shape index (κ3) is 5.31. The molecule has 8 heteroatoms. The summed E-state index contributed by atoms with van der Waals surface area (Å²) in [5.74, 6) is -0.495. The summed E-state index contributed by atoms with van der Waals surface area (Å²) in [6.07, 6.45) is 1.32. The maximum atomic E-state index is 13.1. The first-order chi connectivity index (χ1) is 15.3. The minimum Gasteiger partial charge on any atom is -0.327 e. The Morgan fingerprint density at radius 3 is 2.59 bits per heavy atom. The maximum Gasteiger partial charge on any atom is 0.272 e. The zero-order valence-corrected chi connectivity index (χ0v) is 18.8. The summed E-state index contributed by atoms with van der Waals surface area (Å²) in [7, 11) is 0. The van der Waals surface area contributed by atoms with Crippen molar-refractivity contribution < 1.29 is 14.5 Å². The summed E-state index contributed by atoms with van der Waals surface area (Å²) in [6, 6.07) is 11.5. The van der Waals surface area contributed by atoms with Crippen LogP contribution in [0.5, 0.6) is 0 Å². The first-order valence-corrected chi connectivity index (χ1v) is 11.0. The molecule has 0 bridgehead atoms. The number of hydrogen-bond acceptors (Lipinski definition) is 5. The van der Waals surface area contributed by atoms with Gasteiger partial charge in [-0.1, -0.05) is 26.0 Å². The van der Waals surface area contributed by atoms with Crippen LogP contribution in [-0.4, -0.2) is 52.2 Å². The second-order valence-corrected chi connectivity index (χ2v) is 8.07. The van der Waals surface area contributed by atoms with Crippen molar-refractivity contribution in [2.24, 2.45) is 0 Å². The van der Waals surface area contributed by atoms with Crippen molar-refractivity contribution in [3.05, 3.63) is 69.3 Å². The van der Waals surface area contributed by atoms with Crippen LogP contribution in [0.15, 0.2) is 42.5 Å². The number of carbonyl (C=O) groups is 2. The summed E-state index contributed by atoms with van der Waals surface area (Å²) in [6.45, 7) is 9.04. The molecule has 0 saturated carbocycles. The molecule has 0 radical (unpaired) electrons. The number of rotatable bonds is 8. The number of benzene rings is 2. The lowest BCUT2D eigenvalue weighted by Gasteiger charge is -2.24. The van der Waals surface area contributed by atoms with Gasteiger partial charge < -0.3 is 10.2 Å². The van der Waals surface area contributed by atoms with Gasteiger partial charge in [-0.15, -0.1) is 0 Å². The summed E-state index contributed by atoms with van der Waals surface area (Å²) >= 11 is 0. The van der Waals surface area contributed by atoms with Crippen molar-refractivity contribution in [1.29, 1.82) is 0 Å². The van der Waals surface area contributed by atoms with Crippen LogP contribution >= 0.6 is 0 Å². The molecule has 1 unspecified atom stereocenters. The fourth-order valence-corrected chi connectivity index (χ4v) is 4.12. The van der Waals surface area contributed by atoms with Crippen molar-refractivity contribution >= 4 is 23.2 Å². The Bertz CT molecular complexity index is 1000. The molecular formula is C24H30N4O4. The van der Waals surface area contributed by atoms with Crippen LogP contribution in [0.25, 0.3) is 0 Å². The summed E-state index contributed by atoms with van der Waals surface area (Å²) < 4.78 is 0. The van der Waals surface area contributed by atoms with Gasteiger partial charge in [0.25, 0.3) is 11.6 Å². The van der Waals surface area contributed by atoms with Gasteiger partial charge >= 0.3 is 0 Å². The van der Waals surface area contributed by atoms with E-state index in [9.17, 15) is 19.7 Å². The molecule has 0 aromatic heterocycles. The lowest BCUT2D eigenvalue weighted by molar-refractivity contribution is -0.385. The zero-order valence-electron chi connectivity index (χ0n) is 18.8. The van der Waals surface area contributed by atoms with Crippen molar-refractivity contribution in [2.75, 3.05) is 25.0 Å². The van der Waals surface area contributed by atoms with E-state index in [4.69, 9.17) is 0 Å². The van der Waals surface area contributed by atoms with Crippen LogP contribution < -0.4 is 5.32 Å². The standard InChI is InChI=1S/C24H30N4O4/c1-4-26(5-2)16-18-8-6-9-20(15-18)25-23(29)22-10-7-13-27(22)24(30)19-11-12-21(28(31)32)17(3)14-19/h6,8-9,11-12,14-15,22H,4-5,7,10,13,16H2,1-3H3,(H,25,29). The van der Waals surface area contributed by atoms with Crippen molar-refractivity contribution in [3.8, 4) is 0 Å². The first-order valence-electron chi connectivity index (χ1n) is 11.0. The molecule has 2 aromatic rings. The molecule has 1 N–H and O–H groups in total. The zero-order chi connectivity index (χ0) is 23.3. The van der Waals surface area contributed by atoms with Crippen LogP contribution in [0, 0.1) is 17.0 Å². The summed E-state index contributed by atoms with van der Waals surface area (Å²) in [4.78, 5) is 40.5. The van der Waals surface area contributed by atoms with Crippen LogP contribution in [0.1, 0.15) is 48.2 Å². The number of likely N-dealkylation sites (tertiary alicyclic amines) is 1. The molecule has 0 spiro atoms. The molecule has 3 rings (SSSR count). The maximum absolute atomic E-state index is 13.1. The van der Waals surface area contributed by atoms with E-state index in [0.717, 1.165) is 31.6 Å². The highest BCUT2D eigenvalue weighted by molar-refractivity contribution is 6.01. The van der Waals surface area contributed by atoms with Crippen molar-refractivity contribution in [3.63, 3.8) is 0 Å². The Balaban J connectivity index is 1.71. The van der Waals surface area contributed by atoms with E-state index in [2.05, 4.69) is 24.1 Å². The highest BCUT2D eigenvalue weighted by Gasteiger charge is 2.35. The fourth-order valence-electron chi connectivity index (χ4n) is 4.12. The first kappa shape index (κ1) is 23.4. The molecule has 2 aromatic carbocycles. The van der Waals surface area contributed by atoms with Crippen LogP contribution in [0.2, 0.25) is 0 Å². The van der Waals surface area contributed by atoms with E-state index >= 15 is 0 Å². The normalized spacial score (nSPS) is 15.8. The van der Waals surface area contributed by atoms with E-state index in [1.54, 1.807) is 11.8 Å². The Kier molecular flexibility index (Phi) is 7.58. The molecule has 1 saturated heterocycles. The number of carbonyl (C=O) groups excluding carboxylic acids is 2. The summed E-state index contributed by atoms with van der Waals surface area (Å²) in [5.41, 5.74) is 2.58. The lowest BCUT2D eigenvalue weighted by Crippen LogP contribution is -2.43. The molecule has 1 fully saturated rings. The molecule has 1 atom stereocenters. The molecule has 170 valence electrons. The van der Waals surface area contributed by atoms with E-state index < -0.39 is 11.0 Å². The molecule has 1 heterocycles. The predicted octanol–water partition coefficient (Wildman–Crippen LogP) is 3.99. The van der Waals surface area contributed by atoms with Gasteiger partial charge in [0.05, 0.1) is 4.92 Å². The number of hydrogen-bond donors (Lipinski definition) is 1. The monoisotopic (exact) mass is 438 g/mol. The van der Waals surface area contributed by atoms with Crippen LogP contribution in [0.3, 0.4) is 0 Å². The Labute approximate surface area is 188 Å². The molecule has 1 aliphatic rings. The second kappa shape index (κ2) is 10.4. The third-order valence-electron chi connectivity index (χ3n) is 5.95. The topological polar surface area (TPSA) is 95.8 Å². The SMILES string of the molecule is CCN(CC)Cc1cccc(NC(=O)C2CCCN2C(=O)c2ccc([N+](=O)[O-])c(C)c2)c1. The number of nitrogens with one attached hydrogen (secondary N) is 1. The average molecular weight is 439 g/mol. The smallest absolute Gasteiger partial charge is 0.272 e. The van der Waals surface area contributed by atoms with Gasteiger partial charge in [0.15, 0.2) is 0 Å². The lowest BCUT2D eigenvalue weighted by atomic mass is 10.1. The minimum absolute atomic E-state index is 0.0261. The van der Waals surface area contributed by atoms with Gasteiger partial charge in [-0.3, -0.25) is 24.6 Å².